The number of carbonyl (C=O) groups excluding carboxylic acids is 3. The van der Waals surface area contributed by atoms with Gasteiger partial charge >= 0.3 is 6.03 Å². The summed E-state index contributed by atoms with van der Waals surface area (Å²) in [6, 6.07) is 16.9. The molecule has 0 bridgehead atoms. The summed E-state index contributed by atoms with van der Waals surface area (Å²) in [5, 5.41) is 0. The number of imide groups is 2. The zero-order valence-corrected chi connectivity index (χ0v) is 14.8. The van der Waals surface area contributed by atoms with E-state index in [-0.39, 0.29) is 0 Å². The number of urea groups is 1. The molecular formula is C21H22N2O3. The van der Waals surface area contributed by atoms with Gasteiger partial charge in [-0.15, -0.1) is 0 Å². The molecule has 5 nitrogen and oxygen atoms in total. The third-order valence-electron chi connectivity index (χ3n) is 4.54. The fraction of sp³-hybridized carbons (Fsp3) is 0.286. The van der Waals surface area contributed by atoms with Crippen molar-refractivity contribution >= 4 is 29.2 Å². The molecule has 1 saturated heterocycles. The van der Waals surface area contributed by atoms with Crippen LogP contribution >= 0.6 is 0 Å². The summed E-state index contributed by atoms with van der Waals surface area (Å²) in [4.78, 5) is 41.2. The third-order valence-corrected chi connectivity index (χ3v) is 4.54. The molecule has 4 amide bonds. The van der Waals surface area contributed by atoms with Crippen LogP contribution in [0.4, 0.5) is 16.2 Å². The van der Waals surface area contributed by atoms with Crippen LogP contribution in [0.2, 0.25) is 0 Å². The Labute approximate surface area is 153 Å². The van der Waals surface area contributed by atoms with Gasteiger partial charge in [0.1, 0.15) is 5.92 Å². The van der Waals surface area contributed by atoms with Gasteiger partial charge in [-0.05, 0) is 30.7 Å². The number of carbonyl (C=O) groups is 3. The molecule has 1 aliphatic heterocycles. The predicted octanol–water partition coefficient (Wildman–Crippen LogP) is 4.38. The van der Waals surface area contributed by atoms with Crippen LogP contribution in [0.1, 0.15) is 32.6 Å². The van der Waals surface area contributed by atoms with Gasteiger partial charge in [0.2, 0.25) is 11.8 Å². The molecule has 2 aromatic rings. The lowest BCUT2D eigenvalue weighted by molar-refractivity contribution is -0.133. The molecule has 0 aromatic heterocycles. The van der Waals surface area contributed by atoms with Gasteiger partial charge in [-0.1, -0.05) is 62.6 Å². The molecular weight excluding hydrogens is 328 g/mol. The standard InChI is InChI=1S/C21H22N2O3/c1-2-3-6-15-18-19(24)22(16-11-7-4-8-12-16)21(26)23(20(18)25)17-13-9-5-10-14-17/h4-5,7-14,18H,2-3,6,15H2,1H3. The average molecular weight is 350 g/mol. The van der Waals surface area contributed by atoms with Crippen molar-refractivity contribution in [3.63, 3.8) is 0 Å². The van der Waals surface area contributed by atoms with E-state index in [1.54, 1.807) is 48.5 Å². The molecule has 26 heavy (non-hydrogen) atoms. The summed E-state index contributed by atoms with van der Waals surface area (Å²) in [7, 11) is 0. The highest BCUT2D eigenvalue weighted by atomic mass is 16.2. The highest BCUT2D eigenvalue weighted by Gasteiger charge is 2.46. The molecule has 0 unspecified atom stereocenters. The molecule has 0 spiro atoms. The maximum absolute atomic E-state index is 13.0. The lowest BCUT2D eigenvalue weighted by Crippen LogP contribution is -2.60. The summed E-state index contributed by atoms with van der Waals surface area (Å²) < 4.78 is 0. The molecule has 5 heteroatoms. The molecule has 1 fully saturated rings. The van der Waals surface area contributed by atoms with E-state index in [4.69, 9.17) is 0 Å². The zero-order valence-electron chi connectivity index (χ0n) is 14.8. The minimum absolute atomic E-state index is 0.436. The van der Waals surface area contributed by atoms with Crippen LogP contribution in [-0.4, -0.2) is 17.8 Å². The van der Waals surface area contributed by atoms with Crippen LogP contribution in [0.5, 0.6) is 0 Å². The maximum Gasteiger partial charge on any atom is 0.342 e. The van der Waals surface area contributed by atoms with Crippen LogP contribution in [0, 0.1) is 5.92 Å². The highest BCUT2D eigenvalue weighted by molar-refractivity contribution is 6.36. The molecule has 1 aliphatic rings. The van der Waals surface area contributed by atoms with Crippen LogP contribution in [0.3, 0.4) is 0 Å². The number of benzene rings is 2. The molecule has 2 aromatic carbocycles. The fourth-order valence-corrected chi connectivity index (χ4v) is 3.18. The number of para-hydroxylation sites is 2. The normalized spacial score (nSPS) is 15.7. The monoisotopic (exact) mass is 350 g/mol. The van der Waals surface area contributed by atoms with Crippen molar-refractivity contribution in [3.8, 4) is 0 Å². The van der Waals surface area contributed by atoms with Gasteiger partial charge in [0.15, 0.2) is 0 Å². The summed E-state index contributed by atoms with van der Waals surface area (Å²) >= 11 is 0. The Hall–Kier alpha value is -2.95. The van der Waals surface area contributed by atoms with E-state index >= 15 is 0 Å². The number of amides is 4. The molecule has 0 N–H and O–H groups in total. The number of unbranched alkanes of at least 4 members (excludes halogenated alkanes) is 2. The van der Waals surface area contributed by atoms with E-state index in [2.05, 4.69) is 6.92 Å². The number of barbiturate groups is 1. The minimum atomic E-state index is -0.834. The first-order valence-corrected chi connectivity index (χ1v) is 8.97. The number of hydrogen-bond donors (Lipinski definition) is 0. The van der Waals surface area contributed by atoms with E-state index in [9.17, 15) is 14.4 Å². The second-order valence-electron chi connectivity index (χ2n) is 6.35. The molecule has 0 radical (unpaired) electrons. The Kier molecular flexibility index (Phi) is 5.46. The third kappa shape index (κ3) is 3.38. The molecule has 134 valence electrons. The van der Waals surface area contributed by atoms with Crippen molar-refractivity contribution < 1.29 is 14.4 Å². The SMILES string of the molecule is CCCCCC1C(=O)N(c2ccccc2)C(=O)N(c2ccccc2)C1=O. The summed E-state index contributed by atoms with van der Waals surface area (Å²) in [5.74, 6) is -1.70. The van der Waals surface area contributed by atoms with Gasteiger partial charge in [-0.3, -0.25) is 9.59 Å². The Morgan fingerprint density at radius 3 is 1.62 bits per heavy atom. The first kappa shape index (κ1) is 17.9. The van der Waals surface area contributed by atoms with Crippen LogP contribution < -0.4 is 9.80 Å². The summed E-state index contributed by atoms with van der Waals surface area (Å²) in [6.07, 6.45) is 3.17. The smallest absolute Gasteiger partial charge is 0.273 e. The first-order valence-electron chi connectivity index (χ1n) is 8.97. The van der Waals surface area contributed by atoms with Gasteiger partial charge in [-0.25, -0.2) is 14.6 Å². The van der Waals surface area contributed by atoms with Gasteiger partial charge in [0, 0.05) is 0 Å². The summed E-state index contributed by atoms with van der Waals surface area (Å²) in [6.45, 7) is 2.07. The average Bonchev–Trinajstić information content (AvgIpc) is 2.66. The van der Waals surface area contributed by atoms with Crippen molar-refractivity contribution in [2.24, 2.45) is 5.92 Å². The molecule has 3 rings (SSSR count). The minimum Gasteiger partial charge on any atom is -0.273 e. The van der Waals surface area contributed by atoms with Crippen molar-refractivity contribution in [1.82, 2.24) is 0 Å². The van der Waals surface area contributed by atoms with Gasteiger partial charge in [0.05, 0.1) is 11.4 Å². The number of hydrogen-bond acceptors (Lipinski definition) is 3. The van der Waals surface area contributed by atoms with Gasteiger partial charge < -0.3 is 0 Å². The lowest BCUT2D eigenvalue weighted by atomic mass is 9.95. The van der Waals surface area contributed by atoms with Crippen molar-refractivity contribution in [3.05, 3.63) is 60.7 Å². The van der Waals surface area contributed by atoms with Crippen molar-refractivity contribution in [2.75, 3.05) is 9.80 Å². The molecule has 1 heterocycles. The van der Waals surface area contributed by atoms with Gasteiger partial charge in [0.25, 0.3) is 0 Å². The Morgan fingerprint density at radius 2 is 1.19 bits per heavy atom. The van der Waals surface area contributed by atoms with Crippen LogP contribution in [0.25, 0.3) is 0 Å². The first-order chi connectivity index (χ1) is 12.6. The van der Waals surface area contributed by atoms with Crippen molar-refractivity contribution in [1.29, 1.82) is 0 Å². The Balaban J connectivity index is 2.00. The molecule has 0 saturated carbocycles. The van der Waals surface area contributed by atoms with Crippen LogP contribution in [-0.2, 0) is 9.59 Å². The highest BCUT2D eigenvalue weighted by Crippen LogP contribution is 2.30. The van der Waals surface area contributed by atoms with Crippen molar-refractivity contribution in [2.45, 2.75) is 32.6 Å². The molecule has 0 aliphatic carbocycles. The van der Waals surface area contributed by atoms with Gasteiger partial charge in [-0.2, -0.15) is 0 Å². The summed E-state index contributed by atoms with van der Waals surface area (Å²) in [5.41, 5.74) is 0.966. The van der Waals surface area contributed by atoms with E-state index < -0.39 is 23.8 Å². The lowest BCUT2D eigenvalue weighted by Gasteiger charge is -2.37. The van der Waals surface area contributed by atoms with E-state index in [1.807, 2.05) is 12.1 Å². The Morgan fingerprint density at radius 1 is 0.731 bits per heavy atom. The largest absolute Gasteiger partial charge is 0.342 e. The van der Waals surface area contributed by atoms with E-state index in [0.717, 1.165) is 29.1 Å². The van der Waals surface area contributed by atoms with Crippen LogP contribution in [0.15, 0.2) is 60.7 Å². The second-order valence-corrected chi connectivity index (χ2v) is 6.35. The van der Waals surface area contributed by atoms with E-state index in [0.29, 0.717) is 17.8 Å². The number of rotatable bonds is 6. The topological polar surface area (TPSA) is 57.7 Å². The predicted molar refractivity (Wildman–Crippen MR) is 101 cm³/mol. The molecule has 0 atom stereocenters. The Bertz CT molecular complexity index is 728. The quantitative estimate of drug-likeness (QED) is 0.574. The number of anilines is 2. The number of nitrogens with zero attached hydrogens (tertiary/aromatic N) is 2. The second kappa shape index (κ2) is 7.95. The van der Waals surface area contributed by atoms with E-state index in [1.165, 1.54) is 0 Å². The maximum atomic E-state index is 13.0. The zero-order chi connectivity index (χ0) is 18.5. The fourth-order valence-electron chi connectivity index (χ4n) is 3.18.